The van der Waals surface area contributed by atoms with Gasteiger partial charge in [0.2, 0.25) is 0 Å². The second-order valence-corrected chi connectivity index (χ2v) is 5.47. The Morgan fingerprint density at radius 3 is 2.35 bits per heavy atom. The summed E-state index contributed by atoms with van der Waals surface area (Å²) < 4.78 is 0. The number of likely N-dealkylation sites (N-methyl/N-ethyl adjacent to an activating group) is 1. The lowest BCUT2D eigenvalue weighted by molar-refractivity contribution is 0.322. The van der Waals surface area contributed by atoms with Gasteiger partial charge < -0.3 is 5.32 Å². The summed E-state index contributed by atoms with van der Waals surface area (Å²) in [7, 11) is 2.13. The largest absolute Gasteiger partial charge is 0.316 e. The van der Waals surface area contributed by atoms with Gasteiger partial charge in [-0.25, -0.2) is 0 Å². The van der Waals surface area contributed by atoms with Crippen molar-refractivity contribution in [3.05, 3.63) is 35.9 Å². The molecule has 1 saturated carbocycles. The molecule has 1 aliphatic carbocycles. The van der Waals surface area contributed by atoms with Crippen LogP contribution in [0.1, 0.15) is 44.6 Å². The molecule has 0 heterocycles. The first-order chi connectivity index (χ1) is 8.27. The van der Waals surface area contributed by atoms with Crippen LogP contribution in [-0.4, -0.2) is 13.1 Å². The van der Waals surface area contributed by atoms with Gasteiger partial charge in [-0.2, -0.15) is 0 Å². The highest BCUT2D eigenvalue weighted by Gasteiger charge is 2.37. The molecule has 0 aliphatic heterocycles. The number of hydrogen-bond donors (Lipinski definition) is 1. The molecule has 3 atom stereocenters. The Morgan fingerprint density at radius 1 is 1.24 bits per heavy atom. The Labute approximate surface area is 106 Å². The SMILES string of the molecule is CCC(C)C(c1ccccc1)C(NC)C1CC1. The van der Waals surface area contributed by atoms with E-state index in [1.807, 2.05) is 0 Å². The van der Waals surface area contributed by atoms with Gasteiger partial charge in [-0.15, -0.1) is 0 Å². The molecule has 0 spiro atoms. The van der Waals surface area contributed by atoms with Crippen molar-refractivity contribution in [3.63, 3.8) is 0 Å². The number of rotatable bonds is 6. The van der Waals surface area contributed by atoms with Crippen molar-refractivity contribution in [1.29, 1.82) is 0 Å². The molecule has 17 heavy (non-hydrogen) atoms. The molecule has 2 rings (SSSR count). The zero-order valence-electron chi connectivity index (χ0n) is 11.3. The third-order valence-corrected chi connectivity index (χ3v) is 4.29. The number of hydrogen-bond acceptors (Lipinski definition) is 1. The van der Waals surface area contributed by atoms with E-state index in [0.717, 1.165) is 11.8 Å². The smallest absolute Gasteiger partial charge is 0.0164 e. The molecule has 1 aliphatic rings. The van der Waals surface area contributed by atoms with Crippen molar-refractivity contribution in [2.24, 2.45) is 11.8 Å². The average molecular weight is 231 g/mol. The van der Waals surface area contributed by atoms with Crippen LogP contribution in [0.15, 0.2) is 30.3 Å². The fraction of sp³-hybridized carbons (Fsp3) is 0.625. The van der Waals surface area contributed by atoms with E-state index in [1.165, 1.54) is 24.8 Å². The van der Waals surface area contributed by atoms with Crippen LogP contribution in [0.4, 0.5) is 0 Å². The fourth-order valence-corrected chi connectivity index (χ4v) is 2.98. The summed E-state index contributed by atoms with van der Waals surface area (Å²) in [5.74, 6) is 2.31. The van der Waals surface area contributed by atoms with Crippen molar-refractivity contribution in [2.45, 2.75) is 45.1 Å². The topological polar surface area (TPSA) is 12.0 Å². The Morgan fingerprint density at radius 2 is 1.88 bits per heavy atom. The van der Waals surface area contributed by atoms with Gasteiger partial charge in [0.1, 0.15) is 0 Å². The molecule has 0 amide bonds. The van der Waals surface area contributed by atoms with Gasteiger partial charge in [-0.05, 0) is 37.3 Å². The van der Waals surface area contributed by atoms with Gasteiger partial charge in [0.05, 0.1) is 0 Å². The standard InChI is InChI=1S/C16H25N/c1-4-12(2)15(13-8-6-5-7-9-13)16(17-3)14-10-11-14/h5-9,12,14-17H,4,10-11H2,1-3H3. The zero-order chi connectivity index (χ0) is 12.3. The average Bonchev–Trinajstić information content (AvgIpc) is 3.20. The van der Waals surface area contributed by atoms with Crippen LogP contribution in [-0.2, 0) is 0 Å². The van der Waals surface area contributed by atoms with E-state index in [-0.39, 0.29) is 0 Å². The van der Waals surface area contributed by atoms with Crippen LogP contribution in [0.5, 0.6) is 0 Å². The molecule has 1 nitrogen and oxygen atoms in total. The lowest BCUT2D eigenvalue weighted by Crippen LogP contribution is -2.37. The summed E-state index contributed by atoms with van der Waals surface area (Å²) in [6.45, 7) is 4.70. The van der Waals surface area contributed by atoms with Crippen LogP contribution in [0.2, 0.25) is 0 Å². The Bertz CT molecular complexity index is 329. The van der Waals surface area contributed by atoms with Gasteiger partial charge in [-0.3, -0.25) is 0 Å². The maximum absolute atomic E-state index is 3.58. The minimum Gasteiger partial charge on any atom is -0.316 e. The highest BCUT2D eigenvalue weighted by atomic mass is 14.9. The predicted octanol–water partition coefficient (Wildman–Crippen LogP) is 3.81. The second-order valence-electron chi connectivity index (χ2n) is 5.47. The van der Waals surface area contributed by atoms with E-state index in [1.54, 1.807) is 0 Å². The first kappa shape index (κ1) is 12.6. The molecule has 1 N–H and O–H groups in total. The number of benzene rings is 1. The molecule has 1 fully saturated rings. The summed E-state index contributed by atoms with van der Waals surface area (Å²) in [6, 6.07) is 11.7. The van der Waals surface area contributed by atoms with Crippen molar-refractivity contribution >= 4 is 0 Å². The minimum absolute atomic E-state index is 0.660. The van der Waals surface area contributed by atoms with Crippen molar-refractivity contribution < 1.29 is 0 Å². The van der Waals surface area contributed by atoms with Crippen molar-refractivity contribution in [2.75, 3.05) is 7.05 Å². The van der Waals surface area contributed by atoms with E-state index in [9.17, 15) is 0 Å². The van der Waals surface area contributed by atoms with Gasteiger partial charge in [0.15, 0.2) is 0 Å². The van der Waals surface area contributed by atoms with Crippen molar-refractivity contribution in [1.82, 2.24) is 5.32 Å². The molecular weight excluding hydrogens is 206 g/mol. The highest BCUT2D eigenvalue weighted by molar-refractivity contribution is 5.23. The molecule has 1 aromatic carbocycles. The van der Waals surface area contributed by atoms with Gasteiger partial charge >= 0.3 is 0 Å². The first-order valence-electron chi connectivity index (χ1n) is 7.00. The van der Waals surface area contributed by atoms with E-state index in [2.05, 4.69) is 56.5 Å². The Hall–Kier alpha value is -0.820. The van der Waals surface area contributed by atoms with E-state index < -0.39 is 0 Å². The highest BCUT2D eigenvalue weighted by Crippen LogP contribution is 2.42. The predicted molar refractivity (Wildman–Crippen MR) is 74.2 cm³/mol. The van der Waals surface area contributed by atoms with Gasteiger partial charge in [0, 0.05) is 12.0 Å². The van der Waals surface area contributed by atoms with E-state index in [0.29, 0.717) is 12.0 Å². The molecule has 3 unspecified atom stereocenters. The molecular formula is C16H25N. The number of nitrogens with one attached hydrogen (secondary N) is 1. The van der Waals surface area contributed by atoms with Crippen LogP contribution in [0, 0.1) is 11.8 Å². The van der Waals surface area contributed by atoms with Gasteiger partial charge in [0.25, 0.3) is 0 Å². The summed E-state index contributed by atoms with van der Waals surface area (Å²) in [5.41, 5.74) is 1.51. The Kier molecular flexibility index (Phi) is 4.22. The monoisotopic (exact) mass is 231 g/mol. The molecule has 1 heteroatoms. The van der Waals surface area contributed by atoms with Crippen molar-refractivity contribution in [3.8, 4) is 0 Å². The van der Waals surface area contributed by atoms with Crippen LogP contribution < -0.4 is 5.32 Å². The van der Waals surface area contributed by atoms with Crippen LogP contribution in [0.3, 0.4) is 0 Å². The molecule has 0 radical (unpaired) electrons. The van der Waals surface area contributed by atoms with E-state index in [4.69, 9.17) is 0 Å². The minimum atomic E-state index is 0.660. The fourth-order valence-electron chi connectivity index (χ4n) is 2.98. The molecule has 0 aromatic heterocycles. The summed E-state index contributed by atoms with van der Waals surface area (Å²) in [5, 5.41) is 3.58. The lowest BCUT2D eigenvalue weighted by atomic mass is 9.78. The third kappa shape index (κ3) is 2.90. The van der Waals surface area contributed by atoms with E-state index >= 15 is 0 Å². The van der Waals surface area contributed by atoms with Gasteiger partial charge in [-0.1, -0.05) is 50.6 Å². The maximum Gasteiger partial charge on any atom is 0.0164 e. The molecule has 0 saturated heterocycles. The molecule has 94 valence electrons. The normalized spacial score (nSPS) is 20.9. The second kappa shape index (κ2) is 5.68. The lowest BCUT2D eigenvalue weighted by Gasteiger charge is -2.32. The summed E-state index contributed by atoms with van der Waals surface area (Å²) in [6.07, 6.45) is 4.07. The quantitative estimate of drug-likeness (QED) is 0.785. The molecule has 0 bridgehead atoms. The Balaban J connectivity index is 2.23. The van der Waals surface area contributed by atoms with Crippen LogP contribution in [0.25, 0.3) is 0 Å². The third-order valence-electron chi connectivity index (χ3n) is 4.29. The first-order valence-corrected chi connectivity index (χ1v) is 7.00. The summed E-state index contributed by atoms with van der Waals surface area (Å²) in [4.78, 5) is 0. The maximum atomic E-state index is 3.58. The summed E-state index contributed by atoms with van der Waals surface area (Å²) >= 11 is 0. The zero-order valence-corrected chi connectivity index (χ0v) is 11.3. The van der Waals surface area contributed by atoms with Crippen LogP contribution >= 0.6 is 0 Å². The molecule has 1 aromatic rings.